The van der Waals surface area contributed by atoms with Crippen molar-refractivity contribution in [3.8, 4) is 16.9 Å². The third kappa shape index (κ3) is 5.69. The van der Waals surface area contributed by atoms with Crippen LogP contribution in [0.2, 0.25) is 10.0 Å². The molecule has 4 aliphatic heterocycles. The fraction of sp³-hybridized carbons (Fsp3) is 0.324. The number of carbonyl (C=O) groups excluding carboxylic acids is 3. The summed E-state index contributed by atoms with van der Waals surface area (Å²) in [5.41, 5.74) is 3.01. The molecule has 4 aromatic rings. The van der Waals surface area contributed by atoms with Crippen molar-refractivity contribution in [3.63, 3.8) is 0 Å². The fourth-order valence-electron chi connectivity index (χ4n) is 7.04. The van der Waals surface area contributed by atoms with Crippen molar-refractivity contribution in [2.45, 2.75) is 57.1 Å². The molecule has 11 nitrogen and oxygen atoms in total. The lowest BCUT2D eigenvalue weighted by Crippen LogP contribution is -2.52. The van der Waals surface area contributed by atoms with Crippen molar-refractivity contribution < 1.29 is 27.9 Å². The molecule has 2 saturated heterocycles. The number of nitrogens with zero attached hydrogens (tertiary/aromatic N) is 5. The first-order valence-corrected chi connectivity index (χ1v) is 16.7. The van der Waals surface area contributed by atoms with Crippen LogP contribution in [0.3, 0.4) is 0 Å². The highest BCUT2D eigenvalue weighted by atomic mass is 35.5. The van der Waals surface area contributed by atoms with Crippen LogP contribution in [0.1, 0.15) is 65.0 Å². The second-order valence-corrected chi connectivity index (χ2v) is 13.4. The zero-order valence-corrected chi connectivity index (χ0v) is 27.4. The Kier molecular flexibility index (Phi) is 8.00. The topological polar surface area (TPSA) is 122 Å². The number of nitrogens with one attached hydrogen (secondary N) is 2. The maximum Gasteiger partial charge on any atom is 0.255 e. The number of fused-ring (bicyclic) bond motifs is 2. The SMILES string of the molecule is O=C1CCC(N2Cc3c(ccc(CN4CCC(n5cc(-c6cnc7c(c6)O[C@@H](c6c(Cl)ccc(F)c6Cl)N7)cn5)CC4)c3F)C2=O)C(=O)N1. The zero-order chi connectivity index (χ0) is 34.0. The first kappa shape index (κ1) is 31.7. The van der Waals surface area contributed by atoms with Gasteiger partial charge in [0.15, 0.2) is 11.6 Å². The molecule has 2 N–H and O–H groups in total. The molecule has 0 radical (unpaired) electrons. The number of anilines is 1. The van der Waals surface area contributed by atoms with E-state index in [9.17, 15) is 18.8 Å². The Bertz CT molecular complexity index is 2030. The zero-order valence-electron chi connectivity index (χ0n) is 25.9. The lowest BCUT2D eigenvalue weighted by Gasteiger charge is -2.32. The number of hydrogen-bond donors (Lipinski definition) is 2. The summed E-state index contributed by atoms with van der Waals surface area (Å²) in [6.45, 7) is 1.85. The van der Waals surface area contributed by atoms with Crippen LogP contribution < -0.4 is 15.4 Å². The van der Waals surface area contributed by atoms with Crippen LogP contribution in [0.4, 0.5) is 14.6 Å². The molecule has 1 unspecified atom stereocenters. The highest BCUT2D eigenvalue weighted by Gasteiger charge is 2.40. The number of amides is 3. The van der Waals surface area contributed by atoms with E-state index in [2.05, 4.69) is 25.6 Å². The highest BCUT2D eigenvalue weighted by molar-refractivity contribution is 6.36. The molecule has 49 heavy (non-hydrogen) atoms. The summed E-state index contributed by atoms with van der Waals surface area (Å²) in [7, 11) is 0. The Labute approximate surface area is 289 Å². The average molecular weight is 709 g/mol. The molecule has 15 heteroatoms. The smallest absolute Gasteiger partial charge is 0.255 e. The standard InChI is InChI=1S/C34H29Cl2F2N7O4/c35-23-3-4-24(37)29(36)28(23)33-42-31-26(49-33)11-18(12-39-31)19-13-40-45(15-19)20-7-9-43(10-8-20)14-17-1-2-21-22(30(17)38)16-44(34(21)48)25-5-6-27(46)41-32(25)47/h1-4,11-13,15,20,25,33H,5-10,14,16H2,(H,39,42)(H,41,46,47)/t25?,33-/m0/s1. The van der Waals surface area contributed by atoms with Gasteiger partial charge in [0.05, 0.1) is 34.4 Å². The summed E-state index contributed by atoms with van der Waals surface area (Å²) in [6, 6.07) is 7.12. The predicted molar refractivity (Wildman–Crippen MR) is 175 cm³/mol. The van der Waals surface area contributed by atoms with Gasteiger partial charge in [0.1, 0.15) is 17.7 Å². The summed E-state index contributed by atoms with van der Waals surface area (Å²) >= 11 is 12.5. The number of piperidine rings is 2. The Morgan fingerprint density at radius 1 is 1.00 bits per heavy atom. The van der Waals surface area contributed by atoms with Crippen LogP contribution >= 0.6 is 23.2 Å². The lowest BCUT2D eigenvalue weighted by atomic mass is 10.0. The van der Waals surface area contributed by atoms with Gasteiger partial charge in [-0.05, 0) is 43.5 Å². The number of likely N-dealkylation sites (tertiary alicyclic amines) is 1. The Balaban J connectivity index is 0.894. The summed E-state index contributed by atoms with van der Waals surface area (Å²) < 4.78 is 37.8. The number of halogens is 4. The molecule has 4 aliphatic rings. The third-order valence-corrected chi connectivity index (χ3v) is 10.4. The van der Waals surface area contributed by atoms with Crippen LogP contribution in [0.15, 0.2) is 48.9 Å². The van der Waals surface area contributed by atoms with Gasteiger partial charge in [0, 0.05) is 66.3 Å². The number of hydrogen-bond acceptors (Lipinski definition) is 8. The Hall–Kier alpha value is -4.59. The summed E-state index contributed by atoms with van der Waals surface area (Å²) in [6.07, 6.45) is 6.64. The van der Waals surface area contributed by atoms with Gasteiger partial charge in [-0.1, -0.05) is 29.3 Å². The number of imide groups is 1. The van der Waals surface area contributed by atoms with Gasteiger partial charge in [-0.2, -0.15) is 5.10 Å². The van der Waals surface area contributed by atoms with E-state index in [-0.39, 0.29) is 46.9 Å². The van der Waals surface area contributed by atoms with E-state index in [1.807, 2.05) is 16.9 Å². The van der Waals surface area contributed by atoms with Gasteiger partial charge in [-0.25, -0.2) is 13.8 Å². The maximum atomic E-state index is 15.7. The molecule has 0 saturated carbocycles. The first-order chi connectivity index (χ1) is 23.6. The summed E-state index contributed by atoms with van der Waals surface area (Å²) in [5, 5.41) is 10.2. The number of carbonyl (C=O) groups is 3. The monoisotopic (exact) mass is 707 g/mol. The molecule has 2 fully saturated rings. The van der Waals surface area contributed by atoms with E-state index in [1.165, 1.54) is 17.0 Å². The molecule has 0 spiro atoms. The Morgan fingerprint density at radius 2 is 1.82 bits per heavy atom. The fourth-order valence-corrected chi connectivity index (χ4v) is 7.61. The van der Waals surface area contributed by atoms with E-state index in [0.29, 0.717) is 34.8 Å². The van der Waals surface area contributed by atoms with Crippen LogP contribution in [0.5, 0.6) is 5.75 Å². The quantitative estimate of drug-likeness (QED) is 0.195. The molecular weight excluding hydrogens is 679 g/mol. The molecule has 252 valence electrons. The molecule has 2 atom stereocenters. The van der Waals surface area contributed by atoms with E-state index in [4.69, 9.17) is 27.9 Å². The maximum absolute atomic E-state index is 15.7. The average Bonchev–Trinajstić information content (AvgIpc) is 3.82. The number of rotatable bonds is 6. The van der Waals surface area contributed by atoms with E-state index in [1.54, 1.807) is 24.5 Å². The van der Waals surface area contributed by atoms with Crippen LogP contribution in [-0.4, -0.2) is 61.4 Å². The largest absolute Gasteiger partial charge is 0.462 e. The number of benzene rings is 2. The number of aromatic nitrogens is 3. The number of ether oxygens (including phenoxy) is 1. The minimum absolute atomic E-state index is 0.00247. The van der Waals surface area contributed by atoms with Gasteiger partial charge >= 0.3 is 0 Å². The summed E-state index contributed by atoms with van der Waals surface area (Å²) in [5.74, 6) is -1.33. The van der Waals surface area contributed by atoms with E-state index >= 15 is 4.39 Å². The second-order valence-electron chi connectivity index (χ2n) is 12.7. The number of pyridine rings is 1. The molecule has 0 aliphatic carbocycles. The molecule has 6 heterocycles. The van der Waals surface area contributed by atoms with Gasteiger partial charge in [-0.3, -0.25) is 29.3 Å². The van der Waals surface area contributed by atoms with Crippen molar-refractivity contribution in [2.24, 2.45) is 0 Å². The normalized spacial score (nSPS) is 21.0. The molecule has 8 rings (SSSR count). The molecule has 3 amide bonds. The first-order valence-electron chi connectivity index (χ1n) is 15.9. The van der Waals surface area contributed by atoms with Gasteiger partial charge in [-0.15, -0.1) is 0 Å². The minimum atomic E-state index is -0.790. The van der Waals surface area contributed by atoms with Gasteiger partial charge in [0.2, 0.25) is 18.0 Å². The van der Waals surface area contributed by atoms with Crippen molar-refractivity contribution in [2.75, 3.05) is 18.4 Å². The van der Waals surface area contributed by atoms with Crippen molar-refractivity contribution in [3.05, 3.63) is 92.9 Å². The van der Waals surface area contributed by atoms with Gasteiger partial charge < -0.3 is 15.0 Å². The molecule has 2 aromatic carbocycles. The second kappa shape index (κ2) is 12.4. The highest BCUT2D eigenvalue weighted by Crippen LogP contribution is 2.43. The molecular formula is C34H29Cl2F2N7O4. The van der Waals surface area contributed by atoms with Gasteiger partial charge in [0.25, 0.3) is 5.91 Å². The van der Waals surface area contributed by atoms with Crippen molar-refractivity contribution >= 4 is 46.7 Å². The van der Waals surface area contributed by atoms with E-state index < -0.39 is 35.7 Å². The summed E-state index contributed by atoms with van der Waals surface area (Å²) in [4.78, 5) is 45.0. The molecule has 2 aromatic heterocycles. The van der Waals surface area contributed by atoms with E-state index in [0.717, 1.165) is 37.1 Å². The van der Waals surface area contributed by atoms with Crippen LogP contribution in [-0.2, 0) is 22.7 Å². The van der Waals surface area contributed by atoms with Crippen molar-refractivity contribution in [1.82, 2.24) is 29.9 Å². The minimum Gasteiger partial charge on any atom is -0.462 e. The predicted octanol–water partition coefficient (Wildman–Crippen LogP) is 5.63. The Morgan fingerprint density at radius 3 is 2.61 bits per heavy atom. The lowest BCUT2D eigenvalue weighted by molar-refractivity contribution is -0.136. The van der Waals surface area contributed by atoms with Crippen LogP contribution in [0, 0.1) is 11.6 Å². The third-order valence-electron chi connectivity index (χ3n) is 9.70. The van der Waals surface area contributed by atoms with Crippen molar-refractivity contribution in [1.29, 1.82) is 0 Å². The molecule has 0 bridgehead atoms. The van der Waals surface area contributed by atoms with Crippen LogP contribution in [0.25, 0.3) is 11.1 Å².